The van der Waals surface area contributed by atoms with Gasteiger partial charge in [0.25, 0.3) is 5.91 Å². The number of sulfonamides is 1. The van der Waals surface area contributed by atoms with Gasteiger partial charge in [0, 0.05) is 12.0 Å². The standard InChI is InChI=1S/C16H18N4O3S2/c1-3-5-6-14-19-20-16(24-14)18-15(21)12-7-9-13(10-8-12)25(22,23)17-11-4-2/h2,7-10,17H,3,5-6,11H2,1H3,(H,18,20,21). The van der Waals surface area contributed by atoms with Crippen LogP contribution in [0.15, 0.2) is 29.2 Å². The Morgan fingerprint density at radius 2 is 2.00 bits per heavy atom. The van der Waals surface area contributed by atoms with E-state index < -0.39 is 10.0 Å². The van der Waals surface area contributed by atoms with Crippen LogP contribution in [0.3, 0.4) is 0 Å². The lowest BCUT2D eigenvalue weighted by Crippen LogP contribution is -2.24. The van der Waals surface area contributed by atoms with Crippen molar-refractivity contribution in [1.29, 1.82) is 0 Å². The van der Waals surface area contributed by atoms with Crippen molar-refractivity contribution in [2.24, 2.45) is 0 Å². The Kier molecular flexibility index (Phi) is 6.64. The molecule has 1 aromatic heterocycles. The van der Waals surface area contributed by atoms with Crippen LogP contribution in [0, 0.1) is 12.3 Å². The number of anilines is 1. The smallest absolute Gasteiger partial charge is 0.257 e. The fourth-order valence-electron chi connectivity index (χ4n) is 1.91. The Labute approximate surface area is 150 Å². The summed E-state index contributed by atoms with van der Waals surface area (Å²) in [6.45, 7) is 2.00. The molecule has 0 aliphatic heterocycles. The van der Waals surface area contributed by atoms with Crippen LogP contribution in [0.2, 0.25) is 0 Å². The number of aromatic nitrogens is 2. The van der Waals surface area contributed by atoms with Gasteiger partial charge >= 0.3 is 0 Å². The second-order valence-corrected chi connectivity index (χ2v) is 7.94. The van der Waals surface area contributed by atoms with Crippen molar-refractivity contribution in [1.82, 2.24) is 14.9 Å². The average Bonchev–Trinajstić information content (AvgIpc) is 3.05. The van der Waals surface area contributed by atoms with E-state index in [2.05, 4.69) is 33.1 Å². The Balaban J connectivity index is 2.03. The molecular formula is C16H18N4O3S2. The molecule has 1 aromatic carbocycles. The topological polar surface area (TPSA) is 101 Å². The van der Waals surface area contributed by atoms with Crippen LogP contribution in [0.4, 0.5) is 5.13 Å². The summed E-state index contributed by atoms with van der Waals surface area (Å²) < 4.78 is 26.1. The first-order chi connectivity index (χ1) is 12.0. The highest BCUT2D eigenvalue weighted by Gasteiger charge is 2.15. The molecule has 0 saturated heterocycles. The van der Waals surface area contributed by atoms with Gasteiger partial charge in [-0.05, 0) is 30.7 Å². The van der Waals surface area contributed by atoms with Gasteiger partial charge in [-0.2, -0.15) is 4.72 Å². The van der Waals surface area contributed by atoms with Crippen molar-refractivity contribution < 1.29 is 13.2 Å². The Hall–Kier alpha value is -2.28. The summed E-state index contributed by atoms with van der Waals surface area (Å²) in [5, 5.41) is 11.9. The molecule has 7 nitrogen and oxygen atoms in total. The quantitative estimate of drug-likeness (QED) is 0.685. The Morgan fingerprint density at radius 1 is 1.28 bits per heavy atom. The number of amides is 1. The van der Waals surface area contributed by atoms with E-state index in [1.807, 2.05) is 0 Å². The van der Waals surface area contributed by atoms with Crippen LogP contribution < -0.4 is 10.0 Å². The molecule has 0 aliphatic carbocycles. The Bertz CT molecular complexity index is 868. The SMILES string of the molecule is C#CCNS(=O)(=O)c1ccc(C(=O)Nc2nnc(CCCC)s2)cc1. The number of aryl methyl sites for hydroxylation is 1. The minimum Gasteiger partial charge on any atom is -0.296 e. The maximum absolute atomic E-state index is 12.2. The van der Waals surface area contributed by atoms with Crippen molar-refractivity contribution in [2.75, 3.05) is 11.9 Å². The van der Waals surface area contributed by atoms with E-state index in [1.54, 1.807) is 0 Å². The molecule has 2 N–H and O–H groups in total. The molecule has 0 spiro atoms. The van der Waals surface area contributed by atoms with Crippen LogP contribution >= 0.6 is 11.3 Å². The first-order valence-corrected chi connectivity index (χ1v) is 9.93. The number of benzene rings is 1. The molecule has 0 bridgehead atoms. The molecule has 9 heteroatoms. The lowest BCUT2D eigenvalue weighted by Gasteiger charge is -2.05. The maximum Gasteiger partial charge on any atom is 0.257 e. The zero-order valence-corrected chi connectivity index (χ0v) is 15.3. The van der Waals surface area contributed by atoms with Crippen molar-refractivity contribution in [3.63, 3.8) is 0 Å². The van der Waals surface area contributed by atoms with Crippen molar-refractivity contribution in [2.45, 2.75) is 31.1 Å². The number of nitrogens with zero attached hydrogens (tertiary/aromatic N) is 2. The van der Waals surface area contributed by atoms with Gasteiger partial charge in [-0.3, -0.25) is 10.1 Å². The van der Waals surface area contributed by atoms with Gasteiger partial charge in [0.2, 0.25) is 15.2 Å². The number of unbranched alkanes of at least 4 members (excludes halogenated alkanes) is 1. The molecule has 132 valence electrons. The molecule has 2 aromatic rings. The van der Waals surface area contributed by atoms with Crippen molar-refractivity contribution in [3.05, 3.63) is 34.8 Å². The predicted octanol–water partition coefficient (Wildman–Crippen LogP) is 2.04. The van der Waals surface area contributed by atoms with Gasteiger partial charge in [0.05, 0.1) is 11.4 Å². The van der Waals surface area contributed by atoms with Crippen LogP contribution in [0.25, 0.3) is 0 Å². The summed E-state index contributed by atoms with van der Waals surface area (Å²) in [7, 11) is -3.67. The number of nitrogens with one attached hydrogen (secondary N) is 2. The largest absolute Gasteiger partial charge is 0.296 e. The van der Waals surface area contributed by atoms with Crippen molar-refractivity contribution >= 4 is 32.4 Å². The van der Waals surface area contributed by atoms with E-state index in [4.69, 9.17) is 6.42 Å². The molecule has 2 rings (SSSR count). The third kappa shape index (κ3) is 5.35. The second kappa shape index (κ2) is 8.71. The fraction of sp³-hybridized carbons (Fsp3) is 0.312. The molecule has 0 aliphatic rings. The molecule has 1 heterocycles. The molecular weight excluding hydrogens is 360 g/mol. The van der Waals surface area contributed by atoms with E-state index in [9.17, 15) is 13.2 Å². The van der Waals surface area contributed by atoms with Crippen molar-refractivity contribution in [3.8, 4) is 12.3 Å². The van der Waals surface area contributed by atoms with Gasteiger partial charge < -0.3 is 0 Å². The summed E-state index contributed by atoms with van der Waals surface area (Å²) in [4.78, 5) is 12.2. The van der Waals surface area contributed by atoms with Crippen LogP contribution in [-0.2, 0) is 16.4 Å². The molecule has 0 atom stereocenters. The lowest BCUT2D eigenvalue weighted by atomic mass is 10.2. The summed E-state index contributed by atoms with van der Waals surface area (Å²) >= 11 is 1.33. The molecule has 25 heavy (non-hydrogen) atoms. The number of rotatable bonds is 8. The highest BCUT2D eigenvalue weighted by atomic mass is 32.2. The van der Waals surface area contributed by atoms with Crippen LogP contribution in [0.1, 0.15) is 35.1 Å². The van der Waals surface area contributed by atoms with E-state index in [0.29, 0.717) is 10.7 Å². The highest BCUT2D eigenvalue weighted by Crippen LogP contribution is 2.18. The highest BCUT2D eigenvalue weighted by molar-refractivity contribution is 7.89. The summed E-state index contributed by atoms with van der Waals surface area (Å²) in [6, 6.07) is 5.55. The van der Waals surface area contributed by atoms with Crippen LogP contribution in [0.5, 0.6) is 0 Å². The van der Waals surface area contributed by atoms with Gasteiger partial charge in [0.1, 0.15) is 5.01 Å². The van der Waals surface area contributed by atoms with E-state index >= 15 is 0 Å². The fourth-order valence-corrected chi connectivity index (χ4v) is 3.62. The van der Waals surface area contributed by atoms with Gasteiger partial charge in [-0.1, -0.05) is 30.6 Å². The van der Waals surface area contributed by atoms with E-state index in [-0.39, 0.29) is 17.3 Å². The molecule has 0 radical (unpaired) electrons. The Morgan fingerprint density at radius 3 is 2.64 bits per heavy atom. The minimum atomic E-state index is -3.67. The van der Waals surface area contributed by atoms with Gasteiger partial charge in [-0.25, -0.2) is 8.42 Å². The molecule has 1 amide bonds. The zero-order valence-electron chi connectivity index (χ0n) is 13.7. The third-order valence-electron chi connectivity index (χ3n) is 3.22. The predicted molar refractivity (Wildman–Crippen MR) is 96.9 cm³/mol. The minimum absolute atomic E-state index is 0.0390. The first kappa shape index (κ1) is 19.1. The maximum atomic E-state index is 12.2. The third-order valence-corrected chi connectivity index (χ3v) is 5.54. The average molecular weight is 378 g/mol. The second-order valence-electron chi connectivity index (χ2n) is 5.11. The van der Waals surface area contributed by atoms with Crippen LogP contribution in [-0.4, -0.2) is 31.1 Å². The van der Waals surface area contributed by atoms with E-state index in [0.717, 1.165) is 24.3 Å². The number of hydrogen-bond acceptors (Lipinski definition) is 6. The van der Waals surface area contributed by atoms with E-state index in [1.165, 1.54) is 35.6 Å². The normalized spacial score (nSPS) is 11.0. The molecule has 0 unspecified atom stereocenters. The summed E-state index contributed by atoms with van der Waals surface area (Å²) in [5.74, 6) is 1.82. The lowest BCUT2D eigenvalue weighted by molar-refractivity contribution is 0.102. The van der Waals surface area contributed by atoms with Gasteiger partial charge in [0.15, 0.2) is 0 Å². The number of carbonyl (C=O) groups is 1. The zero-order chi connectivity index (χ0) is 18.3. The summed E-state index contributed by atoms with van der Waals surface area (Å²) in [6.07, 6.45) is 7.96. The number of carbonyl (C=O) groups excluding carboxylic acids is 1. The number of hydrogen-bond donors (Lipinski definition) is 2. The monoisotopic (exact) mass is 378 g/mol. The first-order valence-electron chi connectivity index (χ1n) is 7.63. The number of terminal acetylenes is 1. The van der Waals surface area contributed by atoms with Gasteiger partial charge in [-0.15, -0.1) is 16.6 Å². The summed E-state index contributed by atoms with van der Waals surface area (Å²) in [5.41, 5.74) is 0.321. The molecule has 0 fully saturated rings. The molecule has 0 saturated carbocycles.